The van der Waals surface area contributed by atoms with E-state index in [4.69, 9.17) is 10.5 Å². The van der Waals surface area contributed by atoms with Crippen molar-refractivity contribution in [2.75, 3.05) is 6.54 Å². The highest BCUT2D eigenvalue weighted by Crippen LogP contribution is 2.28. The summed E-state index contributed by atoms with van der Waals surface area (Å²) in [6, 6.07) is 2.81. The lowest BCUT2D eigenvalue weighted by Gasteiger charge is -2.36. The molecule has 8 heteroatoms. The average Bonchev–Trinajstić information content (AvgIpc) is 2.62. The number of pyridine rings is 1. The molecule has 26 heavy (non-hydrogen) atoms. The summed E-state index contributed by atoms with van der Waals surface area (Å²) in [5, 5.41) is 2.81. The number of rotatable bonds is 4. The Morgan fingerprint density at radius 3 is 2.73 bits per heavy atom. The zero-order valence-corrected chi connectivity index (χ0v) is 14.6. The van der Waals surface area contributed by atoms with Gasteiger partial charge in [-0.1, -0.05) is 0 Å². The Morgan fingerprint density at radius 1 is 1.23 bits per heavy atom. The van der Waals surface area contributed by atoms with Crippen molar-refractivity contribution in [2.45, 2.75) is 57.1 Å². The van der Waals surface area contributed by atoms with Crippen LogP contribution >= 0.6 is 0 Å². The molecule has 3 rings (SSSR count). The SMILES string of the molecule is NC(=O)c1cccnc1O[C@H]1CC[C@H](N2C(=O)CCCCNC2=O)CC1. The van der Waals surface area contributed by atoms with Crippen LogP contribution in [-0.4, -0.2) is 46.4 Å². The zero-order chi connectivity index (χ0) is 18.5. The van der Waals surface area contributed by atoms with Gasteiger partial charge in [0.15, 0.2) is 0 Å². The first kappa shape index (κ1) is 18.2. The van der Waals surface area contributed by atoms with Crippen LogP contribution in [0.5, 0.6) is 5.88 Å². The van der Waals surface area contributed by atoms with Gasteiger partial charge < -0.3 is 15.8 Å². The minimum atomic E-state index is -0.579. The topological polar surface area (TPSA) is 115 Å². The summed E-state index contributed by atoms with van der Waals surface area (Å²) in [6.07, 6.45) is 6.17. The van der Waals surface area contributed by atoms with Gasteiger partial charge in [0.1, 0.15) is 11.7 Å². The second kappa shape index (κ2) is 8.16. The molecule has 3 N–H and O–H groups in total. The number of imide groups is 1. The van der Waals surface area contributed by atoms with Crippen molar-refractivity contribution >= 4 is 17.8 Å². The summed E-state index contributed by atoms with van der Waals surface area (Å²) in [6.45, 7) is 0.608. The van der Waals surface area contributed by atoms with Crippen LogP contribution < -0.4 is 15.8 Å². The van der Waals surface area contributed by atoms with Gasteiger partial charge in [0.25, 0.3) is 5.91 Å². The highest BCUT2D eigenvalue weighted by atomic mass is 16.5. The summed E-state index contributed by atoms with van der Waals surface area (Å²) in [7, 11) is 0. The van der Waals surface area contributed by atoms with Gasteiger partial charge in [-0.15, -0.1) is 0 Å². The van der Waals surface area contributed by atoms with Gasteiger partial charge in [-0.05, 0) is 50.7 Å². The molecule has 1 aliphatic heterocycles. The number of urea groups is 1. The van der Waals surface area contributed by atoms with E-state index in [-0.39, 0.29) is 35.5 Å². The predicted octanol–water partition coefficient (Wildman–Crippen LogP) is 1.59. The van der Waals surface area contributed by atoms with E-state index < -0.39 is 5.91 Å². The molecule has 0 unspecified atom stereocenters. The van der Waals surface area contributed by atoms with Crippen molar-refractivity contribution < 1.29 is 19.1 Å². The van der Waals surface area contributed by atoms with Crippen LogP contribution in [0.4, 0.5) is 4.79 Å². The third kappa shape index (κ3) is 4.12. The number of nitrogens with one attached hydrogen (secondary N) is 1. The smallest absolute Gasteiger partial charge is 0.324 e. The van der Waals surface area contributed by atoms with Crippen LogP contribution in [0.2, 0.25) is 0 Å². The van der Waals surface area contributed by atoms with Gasteiger partial charge in [-0.2, -0.15) is 0 Å². The fourth-order valence-corrected chi connectivity index (χ4v) is 3.54. The second-order valence-corrected chi connectivity index (χ2v) is 6.72. The Hall–Kier alpha value is -2.64. The fourth-order valence-electron chi connectivity index (χ4n) is 3.54. The van der Waals surface area contributed by atoms with E-state index in [9.17, 15) is 14.4 Å². The van der Waals surface area contributed by atoms with Crippen LogP contribution in [0.3, 0.4) is 0 Å². The number of nitrogens with two attached hydrogens (primary N) is 1. The fraction of sp³-hybridized carbons (Fsp3) is 0.556. The summed E-state index contributed by atoms with van der Waals surface area (Å²) in [5.74, 6) is -0.444. The van der Waals surface area contributed by atoms with Gasteiger partial charge in [0.05, 0.1) is 0 Å². The van der Waals surface area contributed by atoms with Crippen LogP contribution in [-0.2, 0) is 4.79 Å². The molecule has 1 aromatic heterocycles. The van der Waals surface area contributed by atoms with Gasteiger partial charge in [0, 0.05) is 25.2 Å². The lowest BCUT2D eigenvalue weighted by Crippen LogP contribution is -2.52. The van der Waals surface area contributed by atoms with E-state index >= 15 is 0 Å². The number of amides is 4. The molecule has 140 valence electrons. The molecular weight excluding hydrogens is 336 g/mol. The highest BCUT2D eigenvalue weighted by molar-refractivity contribution is 5.95. The number of primary amides is 1. The molecule has 2 heterocycles. The van der Waals surface area contributed by atoms with Crippen molar-refractivity contribution in [1.82, 2.24) is 15.2 Å². The quantitative estimate of drug-likeness (QED) is 0.846. The van der Waals surface area contributed by atoms with Crippen LogP contribution in [0.1, 0.15) is 55.3 Å². The largest absolute Gasteiger partial charge is 0.474 e. The summed E-state index contributed by atoms with van der Waals surface area (Å²) < 4.78 is 5.87. The number of hydrogen-bond donors (Lipinski definition) is 2. The van der Waals surface area contributed by atoms with Crippen LogP contribution in [0.25, 0.3) is 0 Å². The molecular formula is C18H24N4O4. The molecule has 1 aliphatic carbocycles. The van der Waals surface area contributed by atoms with Crippen molar-refractivity contribution in [3.8, 4) is 5.88 Å². The molecule has 0 atom stereocenters. The summed E-state index contributed by atoms with van der Waals surface area (Å²) in [5.41, 5.74) is 5.61. The maximum absolute atomic E-state index is 12.3. The molecule has 1 aromatic rings. The van der Waals surface area contributed by atoms with Crippen molar-refractivity contribution in [1.29, 1.82) is 0 Å². The maximum atomic E-state index is 12.3. The molecule has 4 amide bonds. The van der Waals surface area contributed by atoms with E-state index in [0.717, 1.165) is 12.8 Å². The van der Waals surface area contributed by atoms with Crippen molar-refractivity contribution in [3.05, 3.63) is 23.9 Å². The molecule has 0 bridgehead atoms. The second-order valence-electron chi connectivity index (χ2n) is 6.72. The Balaban J connectivity index is 1.61. The summed E-state index contributed by atoms with van der Waals surface area (Å²) >= 11 is 0. The number of nitrogens with zero attached hydrogens (tertiary/aromatic N) is 2. The maximum Gasteiger partial charge on any atom is 0.324 e. The Morgan fingerprint density at radius 2 is 2.00 bits per heavy atom. The van der Waals surface area contributed by atoms with Crippen LogP contribution in [0, 0.1) is 0 Å². The first-order valence-corrected chi connectivity index (χ1v) is 9.07. The normalized spacial score (nSPS) is 24.4. The van der Waals surface area contributed by atoms with E-state index in [1.54, 1.807) is 18.3 Å². The zero-order valence-electron chi connectivity index (χ0n) is 14.6. The Labute approximate surface area is 152 Å². The molecule has 0 spiro atoms. The van der Waals surface area contributed by atoms with Gasteiger partial charge in [0.2, 0.25) is 11.8 Å². The molecule has 2 aliphatic rings. The minimum Gasteiger partial charge on any atom is -0.474 e. The Bertz CT molecular complexity index is 668. The lowest BCUT2D eigenvalue weighted by molar-refractivity contribution is -0.131. The van der Waals surface area contributed by atoms with E-state index in [0.29, 0.717) is 38.6 Å². The molecule has 8 nitrogen and oxygen atoms in total. The van der Waals surface area contributed by atoms with E-state index in [2.05, 4.69) is 10.3 Å². The first-order chi connectivity index (χ1) is 12.6. The standard InChI is InChI=1S/C18H24N4O4/c19-16(24)14-4-3-11-20-17(14)26-13-8-6-12(7-9-13)22-15(23)5-1-2-10-21-18(22)25/h3-4,11-13H,1-2,5-10H2,(H2,19,24)(H,21,25)/t12-,13-. The number of hydrogen-bond acceptors (Lipinski definition) is 5. The first-order valence-electron chi connectivity index (χ1n) is 9.07. The van der Waals surface area contributed by atoms with E-state index in [1.165, 1.54) is 4.90 Å². The summed E-state index contributed by atoms with van der Waals surface area (Å²) in [4.78, 5) is 41.6. The van der Waals surface area contributed by atoms with E-state index in [1.807, 2.05) is 0 Å². The van der Waals surface area contributed by atoms with Crippen LogP contribution in [0.15, 0.2) is 18.3 Å². The number of carbonyl (C=O) groups is 3. The number of ether oxygens (including phenoxy) is 1. The van der Waals surface area contributed by atoms with Gasteiger partial charge >= 0.3 is 6.03 Å². The monoisotopic (exact) mass is 360 g/mol. The third-order valence-corrected chi connectivity index (χ3v) is 4.90. The lowest BCUT2D eigenvalue weighted by atomic mass is 9.91. The van der Waals surface area contributed by atoms with Gasteiger partial charge in [-0.3, -0.25) is 14.5 Å². The number of carbonyl (C=O) groups excluding carboxylic acids is 3. The minimum absolute atomic E-state index is 0.104. The average molecular weight is 360 g/mol. The predicted molar refractivity (Wildman–Crippen MR) is 93.5 cm³/mol. The third-order valence-electron chi connectivity index (χ3n) is 4.90. The number of aromatic nitrogens is 1. The van der Waals surface area contributed by atoms with Crippen molar-refractivity contribution in [3.63, 3.8) is 0 Å². The van der Waals surface area contributed by atoms with Gasteiger partial charge in [-0.25, -0.2) is 9.78 Å². The molecule has 0 radical (unpaired) electrons. The molecule has 1 saturated carbocycles. The highest BCUT2D eigenvalue weighted by Gasteiger charge is 2.34. The molecule has 0 aromatic carbocycles. The molecule has 1 saturated heterocycles. The Kier molecular flexibility index (Phi) is 5.70. The molecule has 2 fully saturated rings. The van der Waals surface area contributed by atoms with Crippen molar-refractivity contribution in [2.24, 2.45) is 5.73 Å².